The van der Waals surface area contributed by atoms with Gasteiger partial charge in [0.15, 0.2) is 0 Å². The van der Waals surface area contributed by atoms with Crippen LogP contribution >= 0.6 is 11.6 Å². The van der Waals surface area contributed by atoms with Gasteiger partial charge in [0, 0.05) is 40.3 Å². The Labute approximate surface area is 246 Å². The lowest BCUT2D eigenvalue weighted by Gasteiger charge is -2.34. The van der Waals surface area contributed by atoms with Crippen LogP contribution in [0.25, 0.3) is 22.5 Å². The van der Waals surface area contributed by atoms with Gasteiger partial charge in [-0.1, -0.05) is 55.8 Å². The highest BCUT2D eigenvalue weighted by atomic mass is 35.5. The molecule has 0 bridgehead atoms. The van der Waals surface area contributed by atoms with Gasteiger partial charge in [0.05, 0.1) is 17.4 Å². The lowest BCUT2D eigenvalue weighted by Crippen LogP contribution is -2.30. The third-order valence-electron chi connectivity index (χ3n) is 9.40. The second kappa shape index (κ2) is 8.88. The van der Waals surface area contributed by atoms with E-state index in [1.165, 1.54) is 33.8 Å². The molecule has 2 aliphatic carbocycles. The van der Waals surface area contributed by atoms with Gasteiger partial charge >= 0.3 is 0 Å². The third-order valence-corrected chi connectivity index (χ3v) is 9.64. The van der Waals surface area contributed by atoms with Gasteiger partial charge in [-0.05, 0) is 75.9 Å². The summed E-state index contributed by atoms with van der Waals surface area (Å²) in [5, 5.41) is 12.0. The summed E-state index contributed by atoms with van der Waals surface area (Å²) in [5.41, 5.74) is 7.49. The number of hydrogen-bond acceptors (Lipinski definition) is 6. The summed E-state index contributed by atoms with van der Waals surface area (Å²) in [6, 6.07) is 12.7. The summed E-state index contributed by atoms with van der Waals surface area (Å²) in [4.78, 5) is 23.1. The second-order valence-electron chi connectivity index (χ2n) is 12.4. The number of aliphatic imine (C=N–C) groups is 1. The lowest BCUT2D eigenvalue weighted by atomic mass is 9.71. The molecule has 10 heteroatoms. The highest BCUT2D eigenvalue weighted by Gasteiger charge is 2.56. The minimum Gasteiger partial charge on any atom is -0.287 e. The molecule has 0 amide bonds. The molecular weight excluding hydrogens is 553 g/mol. The maximum Gasteiger partial charge on any atom is 0.254 e. The molecule has 4 heterocycles. The molecule has 2 aromatic carbocycles. The van der Waals surface area contributed by atoms with Crippen molar-refractivity contribution in [3.8, 4) is 16.9 Å². The van der Waals surface area contributed by atoms with Crippen LogP contribution in [-0.2, 0) is 12.8 Å². The molecule has 2 aromatic heterocycles. The summed E-state index contributed by atoms with van der Waals surface area (Å²) in [7, 11) is 0. The van der Waals surface area contributed by atoms with Crippen LogP contribution in [0, 0.1) is 11.3 Å². The number of benzene rings is 2. The Kier molecular flexibility index (Phi) is 5.38. The summed E-state index contributed by atoms with van der Waals surface area (Å²) in [6.07, 6.45) is 4.47. The van der Waals surface area contributed by atoms with Gasteiger partial charge in [0.2, 0.25) is 5.95 Å². The van der Waals surface area contributed by atoms with Gasteiger partial charge in [0.25, 0.3) is 5.56 Å². The largest absolute Gasteiger partial charge is 0.287 e. The van der Waals surface area contributed by atoms with E-state index in [0.717, 1.165) is 24.8 Å². The third kappa shape index (κ3) is 3.86. The predicted octanol–water partition coefficient (Wildman–Crippen LogP) is 6.06. The first kappa shape index (κ1) is 25.5. The van der Waals surface area contributed by atoms with Crippen molar-refractivity contribution < 1.29 is 4.39 Å². The first-order valence-electron chi connectivity index (χ1n) is 14.1. The molecule has 8 rings (SSSR count). The van der Waals surface area contributed by atoms with Crippen molar-refractivity contribution in [1.29, 1.82) is 0 Å². The zero-order valence-corrected chi connectivity index (χ0v) is 23.9. The quantitative estimate of drug-likeness (QED) is 0.216. The number of aromatic nitrogens is 6. The van der Waals surface area contributed by atoms with Crippen molar-refractivity contribution in [3.05, 3.63) is 105 Å². The van der Waals surface area contributed by atoms with Gasteiger partial charge in [-0.3, -0.25) is 9.36 Å². The molecule has 42 heavy (non-hydrogen) atoms. The van der Waals surface area contributed by atoms with Crippen molar-refractivity contribution in [2.75, 3.05) is 0 Å². The minimum atomic E-state index is -0.460. The van der Waals surface area contributed by atoms with Crippen LogP contribution < -0.4 is 5.56 Å². The van der Waals surface area contributed by atoms with Gasteiger partial charge in [-0.15, -0.1) is 5.10 Å². The predicted molar refractivity (Wildman–Crippen MR) is 158 cm³/mol. The van der Waals surface area contributed by atoms with Gasteiger partial charge < -0.3 is 0 Å². The zero-order valence-electron chi connectivity index (χ0n) is 23.2. The van der Waals surface area contributed by atoms with E-state index in [1.54, 1.807) is 22.8 Å². The van der Waals surface area contributed by atoms with Crippen molar-refractivity contribution >= 4 is 22.9 Å². The Hall–Kier alpha value is -4.24. The summed E-state index contributed by atoms with van der Waals surface area (Å²) < 4.78 is 18.7. The topological polar surface area (TPSA) is 90.8 Å². The monoisotopic (exact) mass is 579 g/mol. The number of rotatable bonds is 4. The smallest absolute Gasteiger partial charge is 0.254 e. The van der Waals surface area contributed by atoms with Crippen LogP contribution in [0.5, 0.6) is 0 Å². The van der Waals surface area contributed by atoms with E-state index < -0.39 is 5.95 Å². The number of nitrogens with zero attached hydrogens (tertiary/aromatic N) is 7. The fourth-order valence-corrected chi connectivity index (χ4v) is 7.09. The molecule has 3 atom stereocenters. The molecule has 1 fully saturated rings. The SMILES string of the molecule is C=C1Cc2ccc(C3=C(F)N=C(C4C5CC5c5nc(-c6cc(Cl)ccc6-n6cnnn6)cc(=O)n54)C3)cc2CC1(C)C. The maximum absolute atomic E-state index is 15.5. The number of allylic oxidation sites excluding steroid dienone is 2. The normalized spacial score (nSPS) is 23.5. The molecule has 4 aromatic rings. The van der Waals surface area contributed by atoms with Crippen molar-refractivity contribution in [3.63, 3.8) is 0 Å². The number of fused-ring (bicyclic) bond motifs is 4. The van der Waals surface area contributed by atoms with E-state index >= 15 is 4.39 Å². The maximum atomic E-state index is 15.5. The van der Waals surface area contributed by atoms with Crippen LogP contribution in [0.15, 0.2) is 76.7 Å². The Morgan fingerprint density at radius 3 is 2.76 bits per heavy atom. The standard InChI is InChI=1S/C32H27ClFN7O/c1-16-8-17-4-5-18(9-19(17)14-32(16,2)3)21-12-26(36-30(21)34)29-22-11-23(22)31-37-25(13-28(42)41(29)31)24-10-20(33)6-7-27(24)40-15-35-38-39-40/h4-7,9-10,13,15,22-23,29H,1,8,11-12,14H2,2-3H3. The van der Waals surface area contributed by atoms with Crippen LogP contribution in [-0.4, -0.2) is 35.5 Å². The molecule has 0 spiro atoms. The number of tetrazole rings is 1. The summed E-state index contributed by atoms with van der Waals surface area (Å²) in [5.74, 6) is 0.563. The summed E-state index contributed by atoms with van der Waals surface area (Å²) in [6.45, 7) is 8.69. The van der Waals surface area contributed by atoms with E-state index in [0.29, 0.717) is 45.5 Å². The Morgan fingerprint density at radius 2 is 1.95 bits per heavy atom. The van der Waals surface area contributed by atoms with Crippen LogP contribution in [0.3, 0.4) is 0 Å². The van der Waals surface area contributed by atoms with Gasteiger partial charge in [-0.2, -0.15) is 9.07 Å². The average molecular weight is 580 g/mol. The molecule has 2 aliphatic heterocycles. The Bertz CT molecular complexity index is 1960. The molecular formula is C32H27ClFN7O. The highest BCUT2D eigenvalue weighted by Crippen LogP contribution is 2.60. The van der Waals surface area contributed by atoms with Crippen LogP contribution in [0.4, 0.5) is 4.39 Å². The Balaban J connectivity index is 1.12. The van der Waals surface area contributed by atoms with Gasteiger partial charge in [-0.25, -0.2) is 9.98 Å². The molecule has 210 valence electrons. The number of hydrogen-bond donors (Lipinski definition) is 0. The first-order valence-corrected chi connectivity index (χ1v) is 14.5. The van der Waals surface area contributed by atoms with E-state index in [9.17, 15) is 4.79 Å². The number of halogens is 2. The lowest BCUT2D eigenvalue weighted by molar-refractivity contribution is 0.418. The Morgan fingerprint density at radius 1 is 1.10 bits per heavy atom. The molecule has 0 radical (unpaired) electrons. The first-order chi connectivity index (χ1) is 20.2. The fourth-order valence-electron chi connectivity index (χ4n) is 6.92. The molecule has 8 nitrogen and oxygen atoms in total. The molecule has 1 saturated carbocycles. The highest BCUT2D eigenvalue weighted by molar-refractivity contribution is 6.31. The molecule has 3 unspecified atom stereocenters. The van der Waals surface area contributed by atoms with Crippen molar-refractivity contribution in [1.82, 2.24) is 29.8 Å². The zero-order chi connectivity index (χ0) is 28.9. The van der Waals surface area contributed by atoms with Crippen LogP contribution in [0.1, 0.15) is 61.2 Å². The minimum absolute atomic E-state index is 0.00939. The van der Waals surface area contributed by atoms with E-state index in [-0.39, 0.29) is 28.9 Å². The van der Waals surface area contributed by atoms with E-state index in [2.05, 4.69) is 53.1 Å². The van der Waals surface area contributed by atoms with Crippen molar-refractivity contribution in [2.24, 2.45) is 16.3 Å². The molecule has 0 saturated heterocycles. The average Bonchev–Trinajstić information content (AvgIpc) is 3.25. The second-order valence-corrected chi connectivity index (χ2v) is 12.9. The van der Waals surface area contributed by atoms with E-state index in [4.69, 9.17) is 16.6 Å². The molecule has 0 N–H and O–H groups in total. The van der Waals surface area contributed by atoms with Crippen LogP contribution in [0.2, 0.25) is 5.02 Å². The fraction of sp³-hybridized carbons (Fsp3) is 0.312. The van der Waals surface area contributed by atoms with Gasteiger partial charge in [0.1, 0.15) is 12.2 Å². The molecule has 4 aliphatic rings. The summed E-state index contributed by atoms with van der Waals surface area (Å²) >= 11 is 6.34. The van der Waals surface area contributed by atoms with E-state index in [1.807, 2.05) is 6.07 Å². The van der Waals surface area contributed by atoms with Crippen molar-refractivity contribution in [2.45, 2.75) is 51.5 Å².